The molecule has 0 aromatic carbocycles. The Bertz CT molecular complexity index is 3140. The number of hydrogen-bond acceptors (Lipinski definition) is 49. The molecule has 50 atom stereocenters. The molecule has 52 heteroatoms. The summed E-state index contributed by atoms with van der Waals surface area (Å²) in [6.07, 6.45) is -96.7. The molecule has 0 aliphatic carbocycles. The van der Waals surface area contributed by atoms with E-state index in [1.165, 1.54) is 13.8 Å². The maximum atomic E-state index is 13.6. The third-order valence-corrected chi connectivity index (χ3v) is 22.0. The number of hydrogen-bond donors (Lipinski definition) is 30. The van der Waals surface area contributed by atoms with Crippen molar-refractivity contribution < 1.29 is 242 Å². The van der Waals surface area contributed by atoms with E-state index in [0.29, 0.717) is 0 Å². The summed E-state index contributed by atoms with van der Waals surface area (Å²) in [6, 6.07) is -5.91. The molecule has 3 amide bonds. The van der Waals surface area contributed by atoms with Crippen LogP contribution in [-0.4, -0.2) is 515 Å². The quantitative estimate of drug-likeness (QED) is 0.0331. The smallest absolute Gasteiger partial charge is 0.217 e. The lowest BCUT2D eigenvalue weighted by molar-refractivity contribution is -0.394. The Morgan fingerprint density at radius 3 is 0.949 bits per heavy atom. The minimum Gasteiger partial charge on any atom is -0.394 e. The van der Waals surface area contributed by atoms with Gasteiger partial charge in [0.15, 0.2) is 62.9 Å². The Morgan fingerprint density at radius 2 is 0.517 bits per heavy atom. The van der Waals surface area contributed by atoms with Gasteiger partial charge in [0.2, 0.25) is 17.7 Å². The average molecular weight is 1730 g/mol. The first-order valence-electron chi connectivity index (χ1n) is 37.9. The van der Waals surface area contributed by atoms with Crippen molar-refractivity contribution in [3.63, 3.8) is 0 Å². The molecule has 0 saturated carbocycles. The van der Waals surface area contributed by atoms with Gasteiger partial charge < -0.3 is 244 Å². The maximum absolute atomic E-state index is 13.6. The summed E-state index contributed by atoms with van der Waals surface area (Å²) >= 11 is 0. The lowest BCUT2D eigenvalue weighted by Gasteiger charge is -2.52. The zero-order valence-electron chi connectivity index (χ0n) is 63.6. The van der Waals surface area contributed by atoms with Crippen molar-refractivity contribution in [3.05, 3.63) is 0 Å². The van der Waals surface area contributed by atoms with Crippen molar-refractivity contribution in [2.24, 2.45) is 0 Å². The first kappa shape index (κ1) is 96.8. The largest absolute Gasteiger partial charge is 0.394 e. The van der Waals surface area contributed by atoms with Gasteiger partial charge in [-0.15, -0.1) is 0 Å². The molecule has 0 radical (unpaired) electrons. The van der Waals surface area contributed by atoms with Crippen molar-refractivity contribution in [1.29, 1.82) is 0 Å². The first-order chi connectivity index (χ1) is 55.8. The van der Waals surface area contributed by atoms with Crippen LogP contribution < -0.4 is 16.0 Å². The summed E-state index contributed by atoms with van der Waals surface area (Å²) < 4.78 is 113. The second-order valence-corrected chi connectivity index (χ2v) is 30.2. The fourth-order valence-electron chi connectivity index (χ4n) is 15.4. The van der Waals surface area contributed by atoms with E-state index in [-0.39, 0.29) is 0 Å². The molecular weight excluding hydrogens is 1620 g/mol. The molecular formula is C66H111N3O49. The minimum atomic E-state index is -2.49. The second-order valence-electron chi connectivity index (χ2n) is 30.2. The second kappa shape index (κ2) is 41.8. The molecule has 684 valence electrons. The highest BCUT2D eigenvalue weighted by Gasteiger charge is 2.62. The summed E-state index contributed by atoms with van der Waals surface area (Å²) in [5, 5.41) is 307. The highest BCUT2D eigenvalue weighted by atomic mass is 16.8. The molecule has 10 aliphatic heterocycles. The van der Waals surface area contributed by atoms with Crippen LogP contribution in [0.3, 0.4) is 0 Å². The number of rotatable bonds is 29. The third kappa shape index (κ3) is 20.8. The highest BCUT2D eigenvalue weighted by Crippen LogP contribution is 2.41. The lowest BCUT2D eigenvalue weighted by atomic mass is 9.93. The molecule has 0 unspecified atom stereocenters. The van der Waals surface area contributed by atoms with Gasteiger partial charge in [-0.3, -0.25) is 14.4 Å². The molecule has 118 heavy (non-hydrogen) atoms. The van der Waals surface area contributed by atoms with Gasteiger partial charge in [0.25, 0.3) is 0 Å². The number of amides is 3. The Morgan fingerprint density at radius 1 is 0.237 bits per heavy atom. The monoisotopic (exact) mass is 1730 g/mol. The van der Waals surface area contributed by atoms with Gasteiger partial charge in [-0.1, -0.05) is 0 Å². The van der Waals surface area contributed by atoms with Gasteiger partial charge in [-0.05, 0) is 13.8 Å². The fourth-order valence-corrected chi connectivity index (χ4v) is 15.4. The van der Waals surface area contributed by atoms with Crippen LogP contribution in [0.5, 0.6) is 0 Å². The van der Waals surface area contributed by atoms with Crippen LogP contribution in [0.1, 0.15) is 34.6 Å². The van der Waals surface area contributed by atoms with Crippen LogP contribution in [0.2, 0.25) is 0 Å². The fraction of sp³-hybridized carbons (Fsp3) is 0.955. The summed E-state index contributed by atoms with van der Waals surface area (Å²) in [5.74, 6) is -2.94. The van der Waals surface area contributed by atoms with E-state index in [0.717, 1.165) is 20.8 Å². The molecule has 0 bridgehead atoms. The van der Waals surface area contributed by atoms with Crippen LogP contribution in [0, 0.1) is 0 Å². The van der Waals surface area contributed by atoms with Crippen molar-refractivity contribution in [2.75, 3.05) is 52.9 Å². The van der Waals surface area contributed by atoms with Crippen molar-refractivity contribution >= 4 is 17.7 Å². The van der Waals surface area contributed by atoms with Gasteiger partial charge in [-0.25, -0.2) is 0 Å². The maximum Gasteiger partial charge on any atom is 0.217 e. The topological polar surface area (TPSA) is 809 Å². The Kier molecular flexibility index (Phi) is 34.3. The zero-order chi connectivity index (χ0) is 86.8. The normalized spacial score (nSPS) is 51.1. The summed E-state index contributed by atoms with van der Waals surface area (Å²) in [5.41, 5.74) is 0. The molecule has 10 aliphatic rings. The number of carbonyl (C=O) groups excluding carboxylic acids is 3. The minimum absolute atomic E-state index is 0.918. The number of ether oxygens (including phenoxy) is 19. The van der Waals surface area contributed by atoms with E-state index in [2.05, 4.69) is 16.0 Å². The molecule has 52 nitrogen and oxygen atoms in total. The van der Waals surface area contributed by atoms with Gasteiger partial charge in [0.1, 0.15) is 232 Å². The molecule has 10 fully saturated rings. The van der Waals surface area contributed by atoms with Gasteiger partial charge >= 0.3 is 0 Å². The Balaban J connectivity index is 0.968. The van der Waals surface area contributed by atoms with E-state index in [1.807, 2.05) is 0 Å². The molecule has 10 saturated heterocycles. The standard InChI is InChI=1S/C66H111N3O49/c1-14-30(80)38(88)44(94)61(101-14)115-53-29(69-18(5)79)58(100-13-26-37(87)55(48(98)65(110-26)111-49-24(11-75)103-57(99)43(93)42(49)92)117-59-27(67-16(3)77)51(34(84)21(8-72)104-59)113-63-46(96)40(90)32(82)19(6-70)106-63)109-25(12-76)50(53)112-64-47(97)54(36(86)23(10-74)107-64)116-60-28(68-17(4)78)52(35(85)22(9-73)105-60)114-66-56(41(91)33(83)20(7-71)108-66)118-62-45(95)39(89)31(81)15(2)102-62/h14-15,19-66,70-76,80-99H,6-13H2,1-5H3,(H,67,77)(H,68,78)(H,69,79)/t14-,15-,19+,20+,21+,22+,23+,24+,25+,26+,27+,28+,29+,30+,31+,32-,33-,34+,35+,36-,37-,38+,39+,40-,41-,42+,43+,44-,45-,46+,47+,48+,49+,50+,51+,52+,53+,54-,55-,56+,57-,58+,59-,60-,61-,62-,63-,64-,65-,66-/m0/s1. The van der Waals surface area contributed by atoms with Crippen LogP contribution in [0.25, 0.3) is 0 Å². The van der Waals surface area contributed by atoms with E-state index < -0.39 is 377 Å². The predicted molar refractivity (Wildman–Crippen MR) is 362 cm³/mol. The molecule has 0 aromatic rings. The summed E-state index contributed by atoms with van der Waals surface area (Å²) in [6.45, 7) is -3.74. The SMILES string of the molecule is CC(=O)N[C@H]1[C@H](OC[C@H]2O[C@@H](O[C@H]3[C@H](O)[C@@H](O)[C@@H](O)O[C@@H]3CO)[C@H](O)[C@@H](O[C@@H]3O[C@H](CO)[C@@H](O)[C@H](O[C@@H]4O[C@H](CO)[C@H](O)[C@H](O)[C@H]4O)[C@H]3NC(C)=O)[C@H]2O)O[C@H](CO)[C@@H](O[C@@H]2O[C@H](CO)[C@H](O)[C@H](O[C@@H]3O[C@H](CO)[C@@H](O)[C@H](O[C@@H]4O[C@H](CO)[C@H](O)[C@H](O)[C@H]4O[C@@H]4O[C@@H](C)[C@@H](O)[C@@H](O)[C@@H]4O)[C@H]3NC(C)=O)[C@H]2O)[C@@H]1O[C@@H]1O[C@@H](C)[C@@H](O)[C@@H](O)[C@@H]1O. The van der Waals surface area contributed by atoms with E-state index >= 15 is 0 Å². The predicted octanol–water partition coefficient (Wildman–Crippen LogP) is -20.3. The Labute approximate surface area is 668 Å². The molecule has 30 N–H and O–H groups in total. The van der Waals surface area contributed by atoms with Crippen LogP contribution in [0.15, 0.2) is 0 Å². The highest BCUT2D eigenvalue weighted by molar-refractivity contribution is 5.74. The molecule has 0 aromatic heterocycles. The van der Waals surface area contributed by atoms with E-state index in [9.17, 15) is 152 Å². The van der Waals surface area contributed by atoms with E-state index in [1.54, 1.807) is 0 Å². The van der Waals surface area contributed by atoms with Crippen molar-refractivity contribution in [2.45, 2.75) is 341 Å². The van der Waals surface area contributed by atoms with E-state index in [4.69, 9.17) is 90.0 Å². The van der Waals surface area contributed by atoms with Crippen LogP contribution in [0.4, 0.5) is 0 Å². The first-order valence-corrected chi connectivity index (χ1v) is 37.9. The number of aliphatic hydroxyl groups is 27. The zero-order valence-corrected chi connectivity index (χ0v) is 63.6. The summed E-state index contributed by atoms with van der Waals surface area (Å²) in [4.78, 5) is 39.9. The lowest BCUT2D eigenvalue weighted by Crippen LogP contribution is -2.71. The van der Waals surface area contributed by atoms with Crippen molar-refractivity contribution in [1.82, 2.24) is 16.0 Å². The number of aliphatic hydroxyl groups excluding tert-OH is 27. The molecule has 10 heterocycles. The number of carbonyl (C=O) groups is 3. The number of nitrogens with one attached hydrogen (secondary N) is 3. The molecule has 10 rings (SSSR count). The van der Waals surface area contributed by atoms with Gasteiger partial charge in [0.05, 0.1) is 65.1 Å². The van der Waals surface area contributed by atoms with Gasteiger partial charge in [0, 0.05) is 20.8 Å². The van der Waals surface area contributed by atoms with Crippen molar-refractivity contribution in [3.8, 4) is 0 Å². The average Bonchev–Trinajstić information content (AvgIpc) is 0.767. The molecule has 0 spiro atoms. The summed E-state index contributed by atoms with van der Waals surface area (Å²) in [7, 11) is 0. The third-order valence-electron chi connectivity index (χ3n) is 22.0. The van der Waals surface area contributed by atoms with Gasteiger partial charge in [-0.2, -0.15) is 0 Å². The Hall–Kier alpha value is -3.43. The van der Waals surface area contributed by atoms with Crippen LogP contribution >= 0.6 is 0 Å². The van der Waals surface area contributed by atoms with Crippen LogP contribution in [-0.2, 0) is 104 Å².